The van der Waals surface area contributed by atoms with Gasteiger partial charge in [0.1, 0.15) is 6.04 Å². The van der Waals surface area contributed by atoms with E-state index < -0.39 is 22.0 Å². The third kappa shape index (κ3) is 3.92. The molecule has 0 bridgehead atoms. The summed E-state index contributed by atoms with van der Waals surface area (Å²) in [5.41, 5.74) is 0.747. The van der Waals surface area contributed by atoms with Crippen LogP contribution in [0.15, 0.2) is 52.1 Å². The smallest absolute Gasteiger partial charge is 0.325 e. The highest BCUT2D eigenvalue weighted by Gasteiger charge is 2.32. The van der Waals surface area contributed by atoms with Crippen LogP contribution in [0, 0.1) is 0 Å². The molecule has 3 rings (SSSR count). The van der Waals surface area contributed by atoms with E-state index in [1.165, 1.54) is 15.6 Å². The number of nitrogens with zero attached hydrogens (tertiary/aromatic N) is 2. The molecule has 8 heteroatoms. The first kappa shape index (κ1) is 18.1. The maximum Gasteiger partial charge on any atom is 0.325 e. The van der Waals surface area contributed by atoms with Crippen LogP contribution in [0.4, 0.5) is 0 Å². The second-order valence-electron chi connectivity index (χ2n) is 5.90. The van der Waals surface area contributed by atoms with Crippen LogP contribution in [0.3, 0.4) is 0 Å². The fraction of sp³-hybridized carbons (Fsp3) is 0.353. The van der Waals surface area contributed by atoms with Crippen molar-refractivity contribution in [3.63, 3.8) is 0 Å². The third-order valence-corrected chi connectivity index (χ3v) is 6.94. The molecule has 2 heterocycles. The van der Waals surface area contributed by atoms with E-state index in [1.54, 1.807) is 30.3 Å². The second-order valence-corrected chi connectivity index (χ2v) is 8.62. The molecular formula is C17H20N2O4S2. The zero-order valence-corrected chi connectivity index (χ0v) is 15.2. The molecule has 0 radical (unpaired) electrons. The van der Waals surface area contributed by atoms with Gasteiger partial charge in [-0.15, -0.1) is 0 Å². The quantitative estimate of drug-likeness (QED) is 0.861. The molecule has 0 aliphatic carbocycles. The minimum Gasteiger partial charge on any atom is -0.480 e. The molecule has 2 aromatic rings. The lowest BCUT2D eigenvalue weighted by Gasteiger charge is -2.27. The molecule has 134 valence electrons. The van der Waals surface area contributed by atoms with Gasteiger partial charge in [0.2, 0.25) is 10.0 Å². The number of hydrogen-bond acceptors (Lipinski definition) is 5. The van der Waals surface area contributed by atoms with E-state index in [0.29, 0.717) is 26.1 Å². The number of hydrogen-bond donors (Lipinski definition) is 1. The Morgan fingerprint density at radius 3 is 2.48 bits per heavy atom. The number of thiophene rings is 1. The predicted octanol–water partition coefficient (Wildman–Crippen LogP) is 2.27. The van der Waals surface area contributed by atoms with E-state index in [1.807, 2.05) is 21.7 Å². The molecule has 1 aliphatic heterocycles. The fourth-order valence-electron chi connectivity index (χ4n) is 3.09. The zero-order chi connectivity index (χ0) is 17.9. The minimum atomic E-state index is -3.55. The van der Waals surface area contributed by atoms with E-state index >= 15 is 0 Å². The zero-order valence-electron chi connectivity index (χ0n) is 13.6. The van der Waals surface area contributed by atoms with Crippen molar-refractivity contribution >= 4 is 27.3 Å². The summed E-state index contributed by atoms with van der Waals surface area (Å²) in [5, 5.41) is 13.3. The number of carboxylic acid groups (broad SMARTS) is 1. The maximum atomic E-state index is 12.8. The normalized spacial score (nSPS) is 18.6. The first-order chi connectivity index (χ1) is 12.0. The number of sulfonamides is 1. The fourth-order valence-corrected chi connectivity index (χ4v) is 5.26. The average molecular weight is 380 g/mol. The van der Waals surface area contributed by atoms with Crippen molar-refractivity contribution in [1.29, 1.82) is 0 Å². The molecular weight excluding hydrogens is 360 g/mol. The summed E-state index contributed by atoms with van der Waals surface area (Å²) in [6.07, 6.45) is 0.597. The van der Waals surface area contributed by atoms with Gasteiger partial charge in [0.15, 0.2) is 0 Å². The van der Waals surface area contributed by atoms with Gasteiger partial charge in [-0.1, -0.05) is 18.2 Å². The van der Waals surface area contributed by atoms with Gasteiger partial charge >= 0.3 is 5.97 Å². The van der Waals surface area contributed by atoms with E-state index in [2.05, 4.69) is 0 Å². The summed E-state index contributed by atoms with van der Waals surface area (Å²) in [5.74, 6) is -0.905. The van der Waals surface area contributed by atoms with E-state index in [0.717, 1.165) is 5.56 Å². The van der Waals surface area contributed by atoms with Crippen molar-refractivity contribution in [1.82, 2.24) is 9.21 Å². The molecule has 25 heavy (non-hydrogen) atoms. The van der Waals surface area contributed by atoms with Crippen LogP contribution in [0.1, 0.15) is 18.0 Å². The van der Waals surface area contributed by atoms with Gasteiger partial charge < -0.3 is 5.11 Å². The molecule has 1 N–H and O–H groups in total. The van der Waals surface area contributed by atoms with E-state index in [9.17, 15) is 18.3 Å². The van der Waals surface area contributed by atoms with Gasteiger partial charge in [-0.25, -0.2) is 8.42 Å². The number of aliphatic carboxylic acids is 1. The second kappa shape index (κ2) is 7.65. The van der Waals surface area contributed by atoms with E-state index in [-0.39, 0.29) is 11.4 Å². The third-order valence-electron chi connectivity index (χ3n) is 4.33. The molecule has 6 nitrogen and oxygen atoms in total. The Labute approximate surface area is 151 Å². The topological polar surface area (TPSA) is 77.9 Å². The highest BCUT2D eigenvalue weighted by Crippen LogP contribution is 2.26. The Kier molecular flexibility index (Phi) is 5.53. The van der Waals surface area contributed by atoms with Crippen molar-refractivity contribution in [3.05, 3.63) is 52.7 Å². The largest absolute Gasteiger partial charge is 0.480 e. The van der Waals surface area contributed by atoms with Crippen LogP contribution in [0.25, 0.3) is 0 Å². The molecule has 0 spiro atoms. The number of benzene rings is 1. The van der Waals surface area contributed by atoms with Crippen molar-refractivity contribution in [3.8, 4) is 0 Å². The number of carbonyl (C=O) groups is 1. The van der Waals surface area contributed by atoms with Crippen LogP contribution < -0.4 is 0 Å². The van der Waals surface area contributed by atoms with Gasteiger partial charge in [-0.2, -0.15) is 15.6 Å². The van der Waals surface area contributed by atoms with Crippen molar-refractivity contribution in [2.45, 2.75) is 17.4 Å². The minimum absolute atomic E-state index is 0.274. The Morgan fingerprint density at radius 1 is 1.08 bits per heavy atom. The summed E-state index contributed by atoms with van der Waals surface area (Å²) in [4.78, 5) is 13.9. The Bertz CT molecular complexity index is 806. The van der Waals surface area contributed by atoms with Gasteiger partial charge in [0, 0.05) is 26.2 Å². The molecule has 1 unspecified atom stereocenters. The lowest BCUT2D eigenvalue weighted by Crippen LogP contribution is -2.38. The molecule has 1 aromatic carbocycles. The molecule has 0 saturated carbocycles. The molecule has 1 fully saturated rings. The average Bonchev–Trinajstić information content (AvgIpc) is 3.00. The standard InChI is InChI=1S/C17H20N2O4S2/c20-17(21)16(14-7-12-24-13-14)18-8-4-9-19(11-10-18)25(22,23)15-5-2-1-3-6-15/h1-3,5-7,12-13,16H,4,8-11H2,(H,20,21). The summed E-state index contributed by atoms with van der Waals surface area (Å²) in [7, 11) is -3.55. The summed E-state index contributed by atoms with van der Waals surface area (Å²) in [6, 6.07) is 9.44. The van der Waals surface area contributed by atoms with Crippen molar-refractivity contribution in [2.24, 2.45) is 0 Å². The first-order valence-corrected chi connectivity index (χ1v) is 10.4. The Balaban J connectivity index is 1.77. The highest BCUT2D eigenvalue weighted by atomic mass is 32.2. The molecule has 1 aliphatic rings. The monoisotopic (exact) mass is 380 g/mol. The molecule has 1 saturated heterocycles. The van der Waals surface area contributed by atoms with Crippen LogP contribution in [0.2, 0.25) is 0 Å². The number of rotatable bonds is 5. The van der Waals surface area contributed by atoms with Crippen molar-refractivity contribution in [2.75, 3.05) is 26.2 Å². The van der Waals surface area contributed by atoms with Crippen LogP contribution >= 0.6 is 11.3 Å². The van der Waals surface area contributed by atoms with Gasteiger partial charge in [0.25, 0.3) is 0 Å². The SMILES string of the molecule is O=C(O)C(c1ccsc1)N1CCCN(S(=O)(=O)c2ccccc2)CC1. The Hall–Kier alpha value is -1.74. The lowest BCUT2D eigenvalue weighted by molar-refractivity contribution is -0.143. The lowest BCUT2D eigenvalue weighted by atomic mass is 10.1. The van der Waals surface area contributed by atoms with Crippen LogP contribution in [0.5, 0.6) is 0 Å². The van der Waals surface area contributed by atoms with Gasteiger partial charge in [-0.3, -0.25) is 9.69 Å². The first-order valence-electron chi connectivity index (χ1n) is 8.04. The van der Waals surface area contributed by atoms with Crippen molar-refractivity contribution < 1.29 is 18.3 Å². The highest BCUT2D eigenvalue weighted by molar-refractivity contribution is 7.89. The predicted molar refractivity (Wildman–Crippen MR) is 96.1 cm³/mol. The van der Waals surface area contributed by atoms with Gasteiger partial charge in [-0.05, 0) is 40.9 Å². The summed E-state index contributed by atoms with van der Waals surface area (Å²) in [6.45, 7) is 1.61. The summed E-state index contributed by atoms with van der Waals surface area (Å²) >= 11 is 1.46. The van der Waals surface area contributed by atoms with Crippen LogP contribution in [-0.4, -0.2) is 54.9 Å². The molecule has 0 amide bonds. The Morgan fingerprint density at radius 2 is 1.84 bits per heavy atom. The summed E-state index contributed by atoms with van der Waals surface area (Å²) < 4.78 is 27.0. The van der Waals surface area contributed by atoms with E-state index in [4.69, 9.17) is 0 Å². The number of carboxylic acids is 1. The maximum absolute atomic E-state index is 12.8. The van der Waals surface area contributed by atoms with Gasteiger partial charge in [0.05, 0.1) is 4.90 Å². The molecule has 1 aromatic heterocycles. The molecule has 1 atom stereocenters. The van der Waals surface area contributed by atoms with Crippen LogP contribution in [-0.2, 0) is 14.8 Å².